The largest absolute Gasteiger partial charge is 0.456 e. The average Bonchev–Trinajstić information content (AvgIpc) is 3.51. The van der Waals surface area contributed by atoms with Crippen molar-refractivity contribution in [2.24, 2.45) is 4.99 Å². The molecule has 1 aliphatic heterocycles. The summed E-state index contributed by atoms with van der Waals surface area (Å²) in [6.07, 6.45) is 9.62. The number of hydrogen-bond donors (Lipinski definition) is 0. The van der Waals surface area contributed by atoms with Gasteiger partial charge in [0.1, 0.15) is 16.9 Å². The van der Waals surface area contributed by atoms with E-state index in [0.29, 0.717) is 11.8 Å². The summed E-state index contributed by atoms with van der Waals surface area (Å²) < 4.78 is 9.00. The summed E-state index contributed by atoms with van der Waals surface area (Å²) in [4.78, 5) is 5.11. The lowest BCUT2D eigenvalue weighted by molar-refractivity contribution is -0.317. The second-order valence-electron chi connectivity index (χ2n) is 14.1. The number of rotatable bonds is 5. The highest BCUT2D eigenvalue weighted by atomic mass is 16.3. The highest BCUT2D eigenvalue weighted by molar-refractivity contribution is 6.19. The summed E-state index contributed by atoms with van der Waals surface area (Å²) in [5.74, 6) is 2.79. The van der Waals surface area contributed by atoms with Gasteiger partial charge in [-0.25, -0.2) is 0 Å². The molecule has 10 rings (SSSR count). The zero-order chi connectivity index (χ0) is 33.9. The molecule has 7 aromatic rings. The Bertz CT molecular complexity index is 2620. The third kappa shape index (κ3) is 4.95. The molecule has 0 N–H and O–H groups in total. The molecule has 0 radical (unpaired) electrons. The van der Waals surface area contributed by atoms with E-state index in [2.05, 4.69) is 169 Å². The number of amidine groups is 2. The maximum absolute atomic E-state index is 6.66. The Hall–Kier alpha value is -6.06. The van der Waals surface area contributed by atoms with Gasteiger partial charge in [0, 0.05) is 11.0 Å². The van der Waals surface area contributed by atoms with E-state index in [9.17, 15) is 0 Å². The van der Waals surface area contributed by atoms with Crippen molar-refractivity contribution in [1.82, 2.24) is 0 Å². The number of aliphatic imine (C=N–C) groups is 1. The molecule has 0 saturated heterocycles. The van der Waals surface area contributed by atoms with Gasteiger partial charge in [0.2, 0.25) is 0 Å². The van der Waals surface area contributed by atoms with Crippen molar-refractivity contribution in [3.63, 3.8) is 0 Å². The molecule has 2 atom stereocenters. The topological polar surface area (TPSA) is 28.5 Å². The Morgan fingerprint density at radius 1 is 0.686 bits per heavy atom. The molecule has 1 aromatic heterocycles. The van der Waals surface area contributed by atoms with Crippen LogP contribution in [0.3, 0.4) is 0 Å². The smallest absolute Gasteiger partial charge is 0.279 e. The van der Waals surface area contributed by atoms with Gasteiger partial charge in [-0.15, -0.1) is 0 Å². The Morgan fingerprint density at radius 2 is 1.47 bits per heavy atom. The predicted octanol–water partition coefficient (Wildman–Crippen LogP) is 12.1. The fourth-order valence-electron chi connectivity index (χ4n) is 8.51. The Kier molecular flexibility index (Phi) is 7.06. The fourth-order valence-corrected chi connectivity index (χ4v) is 8.51. The van der Waals surface area contributed by atoms with Crippen molar-refractivity contribution in [1.29, 1.82) is 0 Å². The van der Waals surface area contributed by atoms with Crippen LogP contribution in [-0.2, 0) is 6.42 Å². The molecule has 0 fully saturated rings. The van der Waals surface area contributed by atoms with Gasteiger partial charge in [0.25, 0.3) is 11.7 Å². The molecule has 2 heterocycles. The first kappa shape index (κ1) is 29.8. The van der Waals surface area contributed by atoms with E-state index in [-0.39, 0.29) is 0 Å². The standard InChI is InChI=1S/C48H37N2O/c1-31-38-26-24-35(28-42(38)39-21-12-11-20-37(39)29-41(31)32-14-5-2-6-15-32)36-25-27-40-45(30-36)51-44-23-13-22-43(46(40)44)50-47(33-16-7-3-8-17-33)49-48(50)34-18-9-4-10-19-34/h2-9,11-18,20-28,30-31,41H,10,19,29H2,1H3/q+1. The van der Waals surface area contributed by atoms with Crippen LogP contribution in [0, 0.1) is 0 Å². The number of fused-ring (bicyclic) bond motifs is 6. The van der Waals surface area contributed by atoms with Crippen molar-refractivity contribution >= 4 is 39.3 Å². The van der Waals surface area contributed by atoms with Crippen molar-refractivity contribution in [2.45, 2.75) is 38.0 Å². The summed E-state index contributed by atoms with van der Waals surface area (Å²) >= 11 is 0. The van der Waals surface area contributed by atoms with Crippen LogP contribution in [-0.4, -0.2) is 16.2 Å². The first-order chi connectivity index (χ1) is 25.2. The maximum Gasteiger partial charge on any atom is 0.279 e. The molecule has 244 valence electrons. The highest BCUT2D eigenvalue weighted by Crippen LogP contribution is 2.47. The Morgan fingerprint density at radius 3 is 2.31 bits per heavy atom. The molecular formula is C48H37N2O+. The number of furan rings is 1. The molecule has 0 bridgehead atoms. The van der Waals surface area contributed by atoms with Crippen molar-refractivity contribution < 1.29 is 8.99 Å². The van der Waals surface area contributed by atoms with Gasteiger partial charge in [-0.1, -0.05) is 127 Å². The van der Waals surface area contributed by atoms with E-state index in [1.165, 1.54) is 39.0 Å². The minimum absolute atomic E-state index is 0.382. The molecule has 2 aliphatic carbocycles. The van der Waals surface area contributed by atoms with Crippen LogP contribution in [0.1, 0.15) is 53.9 Å². The number of nitrogens with zero attached hydrogens (tertiary/aromatic N) is 2. The quantitative estimate of drug-likeness (QED) is 0.169. The van der Waals surface area contributed by atoms with Crippen LogP contribution in [0.15, 0.2) is 173 Å². The fraction of sp³-hybridized carbons (Fsp3) is 0.125. The van der Waals surface area contributed by atoms with Crippen molar-refractivity contribution in [2.75, 3.05) is 0 Å². The molecule has 0 spiro atoms. The molecule has 3 heteroatoms. The van der Waals surface area contributed by atoms with Crippen LogP contribution < -0.4 is 0 Å². The number of benzene rings is 6. The van der Waals surface area contributed by atoms with Crippen molar-refractivity contribution in [3.8, 4) is 22.3 Å². The molecule has 2 unspecified atom stereocenters. The van der Waals surface area contributed by atoms with Crippen LogP contribution in [0.25, 0.3) is 44.2 Å². The van der Waals surface area contributed by atoms with Crippen molar-refractivity contribution in [3.05, 3.63) is 186 Å². The normalized spacial score (nSPS) is 18.1. The lowest BCUT2D eigenvalue weighted by Gasteiger charge is -2.24. The van der Waals surface area contributed by atoms with Crippen LogP contribution in [0.4, 0.5) is 5.69 Å². The van der Waals surface area contributed by atoms with Gasteiger partial charge in [-0.2, -0.15) is 4.58 Å². The molecule has 0 amide bonds. The number of allylic oxidation sites excluding steroid dienone is 3. The van der Waals surface area contributed by atoms with E-state index >= 15 is 0 Å². The molecule has 3 nitrogen and oxygen atoms in total. The molecule has 3 aliphatic rings. The number of hydrogen-bond acceptors (Lipinski definition) is 2. The monoisotopic (exact) mass is 657 g/mol. The van der Waals surface area contributed by atoms with E-state index < -0.39 is 0 Å². The summed E-state index contributed by atoms with van der Waals surface area (Å²) in [6.45, 7) is 2.40. The minimum Gasteiger partial charge on any atom is -0.456 e. The third-order valence-corrected chi connectivity index (χ3v) is 11.1. The lowest BCUT2D eigenvalue weighted by atomic mass is 9.80. The van der Waals surface area contributed by atoms with Gasteiger partial charge < -0.3 is 4.42 Å². The van der Waals surface area contributed by atoms with Crippen LogP contribution in [0.2, 0.25) is 0 Å². The zero-order valence-corrected chi connectivity index (χ0v) is 28.6. The van der Waals surface area contributed by atoms with Gasteiger partial charge >= 0.3 is 0 Å². The molecule has 51 heavy (non-hydrogen) atoms. The first-order valence-electron chi connectivity index (χ1n) is 18.1. The first-order valence-corrected chi connectivity index (χ1v) is 18.1. The summed E-state index contributed by atoms with van der Waals surface area (Å²) in [6, 6.07) is 50.7. The summed E-state index contributed by atoms with van der Waals surface area (Å²) in [7, 11) is 0. The summed E-state index contributed by atoms with van der Waals surface area (Å²) in [5, 5.41) is 2.23. The Balaban J connectivity index is 1.09. The zero-order valence-electron chi connectivity index (χ0n) is 28.6. The lowest BCUT2D eigenvalue weighted by Crippen LogP contribution is -2.35. The van der Waals surface area contributed by atoms with Gasteiger partial charge in [0.05, 0.1) is 10.9 Å². The van der Waals surface area contributed by atoms with Crippen LogP contribution in [0.5, 0.6) is 0 Å². The van der Waals surface area contributed by atoms with E-state index in [1.807, 2.05) is 0 Å². The van der Waals surface area contributed by atoms with Crippen LogP contribution >= 0.6 is 0 Å². The molecule has 0 saturated carbocycles. The highest BCUT2D eigenvalue weighted by Gasteiger charge is 2.36. The second kappa shape index (κ2) is 12.1. The third-order valence-electron chi connectivity index (χ3n) is 11.1. The SMILES string of the molecule is CC1c2ccc(-c3ccc4c(c3)oc3cccc([N+]5=C(c6ccccc6)N=C5C5=CC=CCC5)c34)cc2-c2ccccc2CC1c1ccccc1. The molecular weight excluding hydrogens is 621 g/mol. The van der Waals surface area contributed by atoms with Gasteiger partial charge in [-0.05, 0) is 113 Å². The van der Waals surface area contributed by atoms with E-state index in [0.717, 1.165) is 69.7 Å². The van der Waals surface area contributed by atoms with Gasteiger partial charge in [-0.3, -0.25) is 0 Å². The van der Waals surface area contributed by atoms with E-state index in [4.69, 9.17) is 9.41 Å². The molecule has 6 aromatic carbocycles. The van der Waals surface area contributed by atoms with Gasteiger partial charge in [0.15, 0.2) is 0 Å². The maximum atomic E-state index is 6.66. The average molecular weight is 658 g/mol. The second-order valence-corrected chi connectivity index (χ2v) is 14.1. The predicted molar refractivity (Wildman–Crippen MR) is 210 cm³/mol. The Labute approximate surface area is 298 Å². The summed E-state index contributed by atoms with van der Waals surface area (Å²) in [5.41, 5.74) is 14.5. The minimum atomic E-state index is 0.382. The van der Waals surface area contributed by atoms with E-state index in [1.54, 1.807) is 0 Å².